The van der Waals surface area contributed by atoms with Gasteiger partial charge in [0, 0.05) is 6.20 Å². The molecule has 0 saturated carbocycles. The minimum Gasteiger partial charge on any atom is -0.218 e. The first-order valence-corrected chi connectivity index (χ1v) is 4.11. The summed E-state index contributed by atoms with van der Waals surface area (Å²) >= 11 is 8.98. The van der Waals surface area contributed by atoms with Crippen molar-refractivity contribution in [2.45, 2.75) is 0 Å². The first-order valence-electron chi connectivity index (χ1n) is 2.94. The zero-order valence-corrected chi connectivity index (χ0v) is 7.67. The third kappa shape index (κ3) is 1.12. The van der Waals surface area contributed by atoms with Crippen molar-refractivity contribution in [2.75, 3.05) is 0 Å². The molecule has 2 rings (SSSR count). The minimum atomic E-state index is 0.547. The highest BCUT2D eigenvalue weighted by atomic mass is 79.9. The molecule has 2 heterocycles. The van der Waals surface area contributed by atoms with E-state index in [1.807, 2.05) is 6.07 Å². The number of rotatable bonds is 0. The van der Waals surface area contributed by atoms with Crippen LogP contribution in [-0.4, -0.2) is 14.6 Å². The molecule has 0 aliphatic rings. The third-order valence-electron chi connectivity index (χ3n) is 1.29. The van der Waals surface area contributed by atoms with E-state index in [0.717, 1.165) is 0 Å². The summed E-state index contributed by atoms with van der Waals surface area (Å²) in [6, 6.07) is 3.59. The van der Waals surface area contributed by atoms with Crippen molar-refractivity contribution >= 4 is 33.2 Å². The summed E-state index contributed by atoms with van der Waals surface area (Å²) in [7, 11) is 0. The van der Waals surface area contributed by atoms with Crippen LogP contribution in [0.2, 0.25) is 5.02 Å². The molecule has 0 aliphatic carbocycles. The van der Waals surface area contributed by atoms with Gasteiger partial charge in [-0.05, 0) is 28.1 Å². The SMILES string of the molecule is Clc1cccn2nc(Br)nc12. The summed E-state index contributed by atoms with van der Waals surface area (Å²) in [5.74, 6) is 0. The van der Waals surface area contributed by atoms with Gasteiger partial charge in [-0.3, -0.25) is 0 Å². The van der Waals surface area contributed by atoms with Gasteiger partial charge in [0.25, 0.3) is 0 Å². The molecule has 11 heavy (non-hydrogen) atoms. The van der Waals surface area contributed by atoms with E-state index in [1.165, 1.54) is 0 Å². The van der Waals surface area contributed by atoms with Gasteiger partial charge in [0.15, 0.2) is 5.65 Å². The maximum absolute atomic E-state index is 5.83. The Bertz CT molecular complexity index is 398. The topological polar surface area (TPSA) is 30.2 Å². The fourth-order valence-electron chi connectivity index (χ4n) is 0.848. The Morgan fingerprint density at radius 3 is 3.09 bits per heavy atom. The third-order valence-corrected chi connectivity index (χ3v) is 1.92. The van der Waals surface area contributed by atoms with Crippen LogP contribution in [0.5, 0.6) is 0 Å². The number of nitrogens with zero attached hydrogens (tertiary/aromatic N) is 3. The van der Waals surface area contributed by atoms with E-state index in [9.17, 15) is 0 Å². The molecule has 0 aromatic carbocycles. The zero-order valence-electron chi connectivity index (χ0n) is 5.33. The summed E-state index contributed by atoms with van der Waals surface area (Å²) in [4.78, 5) is 4.05. The van der Waals surface area contributed by atoms with Gasteiger partial charge in [0.2, 0.25) is 4.73 Å². The Hall–Kier alpha value is -0.610. The minimum absolute atomic E-state index is 0.547. The highest BCUT2D eigenvalue weighted by molar-refractivity contribution is 9.10. The molecular weight excluding hydrogens is 229 g/mol. The van der Waals surface area contributed by atoms with E-state index in [4.69, 9.17) is 11.6 Å². The van der Waals surface area contributed by atoms with Crippen LogP contribution in [0.3, 0.4) is 0 Å². The maximum Gasteiger partial charge on any atom is 0.218 e. The Morgan fingerprint density at radius 1 is 1.55 bits per heavy atom. The highest BCUT2D eigenvalue weighted by Crippen LogP contribution is 2.15. The zero-order chi connectivity index (χ0) is 7.84. The van der Waals surface area contributed by atoms with Crippen molar-refractivity contribution < 1.29 is 0 Å². The molecule has 5 heteroatoms. The summed E-state index contributed by atoms with van der Waals surface area (Å²) in [6.07, 6.45) is 1.79. The number of pyridine rings is 1. The molecule has 2 aromatic heterocycles. The van der Waals surface area contributed by atoms with Crippen LogP contribution < -0.4 is 0 Å². The van der Waals surface area contributed by atoms with E-state index in [2.05, 4.69) is 26.0 Å². The van der Waals surface area contributed by atoms with Crippen LogP contribution >= 0.6 is 27.5 Å². The lowest BCUT2D eigenvalue weighted by atomic mass is 10.5. The molecule has 0 amide bonds. The van der Waals surface area contributed by atoms with E-state index in [1.54, 1.807) is 16.8 Å². The molecule has 0 fully saturated rings. The first-order chi connectivity index (χ1) is 5.27. The average Bonchev–Trinajstić information content (AvgIpc) is 2.31. The Balaban J connectivity index is 2.90. The molecule has 0 spiro atoms. The Morgan fingerprint density at radius 2 is 2.36 bits per heavy atom. The number of halogens is 2. The summed E-state index contributed by atoms with van der Waals surface area (Å²) in [6.45, 7) is 0. The van der Waals surface area contributed by atoms with E-state index < -0.39 is 0 Å². The van der Waals surface area contributed by atoms with Gasteiger partial charge >= 0.3 is 0 Å². The second kappa shape index (κ2) is 2.46. The van der Waals surface area contributed by atoms with Crippen LogP contribution in [0.1, 0.15) is 0 Å². The number of hydrogen-bond donors (Lipinski definition) is 0. The molecule has 0 aliphatic heterocycles. The van der Waals surface area contributed by atoms with Crippen LogP contribution in [0.15, 0.2) is 23.1 Å². The van der Waals surface area contributed by atoms with Crippen molar-refractivity contribution in [1.29, 1.82) is 0 Å². The normalized spacial score (nSPS) is 10.7. The lowest BCUT2D eigenvalue weighted by Crippen LogP contribution is -1.84. The number of hydrogen-bond acceptors (Lipinski definition) is 2. The molecule has 3 nitrogen and oxygen atoms in total. The Kier molecular flexibility index (Phi) is 1.58. The van der Waals surface area contributed by atoms with E-state index in [0.29, 0.717) is 15.4 Å². The van der Waals surface area contributed by atoms with Crippen molar-refractivity contribution in [3.8, 4) is 0 Å². The van der Waals surface area contributed by atoms with Gasteiger partial charge in [-0.1, -0.05) is 11.6 Å². The quantitative estimate of drug-likeness (QED) is 0.697. The van der Waals surface area contributed by atoms with Gasteiger partial charge < -0.3 is 0 Å². The summed E-state index contributed by atoms with van der Waals surface area (Å²) in [5.41, 5.74) is 0.668. The number of fused-ring (bicyclic) bond motifs is 1. The standard InChI is InChI=1S/C6H3BrClN3/c7-6-9-5-4(8)2-1-3-11(5)10-6/h1-3H. The van der Waals surface area contributed by atoms with Crippen LogP contribution in [-0.2, 0) is 0 Å². The summed E-state index contributed by atoms with van der Waals surface area (Å²) in [5, 5.41) is 4.61. The van der Waals surface area contributed by atoms with Crippen molar-refractivity contribution in [1.82, 2.24) is 14.6 Å². The molecule has 0 atom stereocenters. The smallest absolute Gasteiger partial charge is 0.218 e. The molecule has 0 unspecified atom stereocenters. The summed E-state index contributed by atoms with van der Waals surface area (Å²) < 4.78 is 2.16. The first kappa shape index (κ1) is 7.06. The van der Waals surface area contributed by atoms with Gasteiger partial charge in [-0.25, -0.2) is 4.52 Å². The van der Waals surface area contributed by atoms with E-state index >= 15 is 0 Å². The fourth-order valence-corrected chi connectivity index (χ4v) is 1.39. The van der Waals surface area contributed by atoms with Gasteiger partial charge in [-0.2, -0.15) is 4.98 Å². The highest BCUT2D eigenvalue weighted by Gasteiger charge is 2.02. The molecule has 2 aromatic rings. The van der Waals surface area contributed by atoms with Crippen molar-refractivity contribution in [2.24, 2.45) is 0 Å². The molecule has 0 saturated heterocycles. The van der Waals surface area contributed by atoms with Gasteiger partial charge in [0.1, 0.15) is 0 Å². The van der Waals surface area contributed by atoms with Crippen LogP contribution in [0, 0.1) is 0 Å². The van der Waals surface area contributed by atoms with Crippen LogP contribution in [0.4, 0.5) is 0 Å². The average molecular weight is 232 g/mol. The monoisotopic (exact) mass is 231 g/mol. The molecule has 0 bridgehead atoms. The largest absolute Gasteiger partial charge is 0.218 e. The second-order valence-corrected chi connectivity index (χ2v) is 3.12. The van der Waals surface area contributed by atoms with Crippen LogP contribution in [0.25, 0.3) is 5.65 Å². The molecule has 56 valence electrons. The van der Waals surface area contributed by atoms with Gasteiger partial charge in [0.05, 0.1) is 5.02 Å². The predicted molar refractivity (Wildman–Crippen MR) is 45.7 cm³/mol. The fraction of sp³-hybridized carbons (Fsp3) is 0. The lowest BCUT2D eigenvalue weighted by molar-refractivity contribution is 0.946. The van der Waals surface area contributed by atoms with Gasteiger partial charge in [-0.15, -0.1) is 5.10 Å². The molecule has 0 N–H and O–H groups in total. The van der Waals surface area contributed by atoms with Crippen molar-refractivity contribution in [3.63, 3.8) is 0 Å². The maximum atomic E-state index is 5.83. The lowest BCUT2D eigenvalue weighted by Gasteiger charge is -1.90. The second-order valence-electron chi connectivity index (χ2n) is 2.01. The Labute approximate surface area is 76.1 Å². The van der Waals surface area contributed by atoms with Crippen molar-refractivity contribution in [3.05, 3.63) is 28.1 Å². The molecular formula is C6H3BrClN3. The van der Waals surface area contributed by atoms with E-state index in [-0.39, 0.29) is 0 Å². The molecule has 0 radical (unpaired) electrons. The predicted octanol–water partition coefficient (Wildman–Crippen LogP) is 2.15. The number of aromatic nitrogens is 3.